The number of aromatic nitrogens is 2. The average molecular weight is 362 g/mol. The van der Waals surface area contributed by atoms with E-state index in [1.54, 1.807) is 0 Å². The van der Waals surface area contributed by atoms with Crippen molar-refractivity contribution in [3.05, 3.63) is 96.3 Å². The fourth-order valence-corrected chi connectivity index (χ4v) is 4.14. The van der Waals surface area contributed by atoms with Crippen LogP contribution < -0.4 is 0 Å². The molecule has 0 spiro atoms. The molecule has 0 amide bonds. The number of hydrogen-bond acceptors (Lipinski definition) is 1. The first kappa shape index (κ1) is 16.8. The minimum absolute atomic E-state index is 0.926. The molecule has 0 N–H and O–H groups in total. The Kier molecular flexibility index (Phi) is 3.98. The molecule has 0 radical (unpaired) electrons. The first-order valence-electron chi connectivity index (χ1n) is 9.81. The fourth-order valence-electron chi connectivity index (χ4n) is 4.14. The Balaban J connectivity index is 1.70. The van der Waals surface area contributed by atoms with Crippen molar-refractivity contribution in [1.82, 2.24) is 9.78 Å². The van der Waals surface area contributed by atoms with E-state index in [0.717, 1.165) is 17.8 Å². The standard InChI is InChI=1S/C26H22N2/c1-3-25-26(23-13-12-19-8-4-6-10-21(19)16-23)18(2)27-28(25)24-15-14-20-9-5-7-11-22(20)17-24/h4-17H,3H2,1-2H3. The maximum atomic E-state index is 4.93. The Morgan fingerprint density at radius 3 is 2.00 bits per heavy atom. The summed E-state index contributed by atoms with van der Waals surface area (Å²) in [5.74, 6) is 0. The second-order valence-electron chi connectivity index (χ2n) is 7.27. The Labute approximate surface area is 165 Å². The molecular weight excluding hydrogens is 340 g/mol. The quantitative estimate of drug-likeness (QED) is 0.348. The Bertz CT molecular complexity index is 1310. The van der Waals surface area contributed by atoms with Crippen molar-refractivity contribution >= 4 is 21.5 Å². The normalized spacial score (nSPS) is 11.4. The predicted molar refractivity (Wildman–Crippen MR) is 118 cm³/mol. The summed E-state index contributed by atoms with van der Waals surface area (Å²) in [4.78, 5) is 0. The zero-order valence-corrected chi connectivity index (χ0v) is 16.2. The number of nitrogens with zero attached hydrogens (tertiary/aromatic N) is 2. The summed E-state index contributed by atoms with van der Waals surface area (Å²) in [6, 6.07) is 30.3. The molecule has 0 saturated carbocycles. The van der Waals surface area contributed by atoms with E-state index in [1.165, 1.54) is 38.4 Å². The molecule has 1 aromatic heterocycles. The molecule has 2 nitrogen and oxygen atoms in total. The summed E-state index contributed by atoms with van der Waals surface area (Å²) >= 11 is 0. The monoisotopic (exact) mass is 362 g/mol. The first-order valence-corrected chi connectivity index (χ1v) is 9.81. The molecule has 0 fully saturated rings. The van der Waals surface area contributed by atoms with Gasteiger partial charge in [-0.25, -0.2) is 4.68 Å². The highest BCUT2D eigenvalue weighted by Gasteiger charge is 2.17. The minimum atomic E-state index is 0.926. The van der Waals surface area contributed by atoms with Gasteiger partial charge in [0.05, 0.1) is 17.1 Å². The minimum Gasteiger partial charge on any atom is -0.237 e. The highest BCUT2D eigenvalue weighted by Crippen LogP contribution is 2.32. The predicted octanol–water partition coefficient (Wildman–Crippen LogP) is 6.72. The van der Waals surface area contributed by atoms with E-state index in [0.29, 0.717) is 0 Å². The molecule has 0 aliphatic carbocycles. The third-order valence-corrected chi connectivity index (χ3v) is 5.51. The molecule has 5 aromatic rings. The molecule has 1 heterocycles. The molecule has 136 valence electrons. The molecule has 0 bridgehead atoms. The lowest BCUT2D eigenvalue weighted by Gasteiger charge is -2.10. The van der Waals surface area contributed by atoms with E-state index in [-0.39, 0.29) is 0 Å². The fraction of sp³-hybridized carbons (Fsp3) is 0.115. The molecule has 0 aliphatic heterocycles. The van der Waals surface area contributed by atoms with Crippen LogP contribution in [0.1, 0.15) is 18.3 Å². The lowest BCUT2D eigenvalue weighted by molar-refractivity contribution is 0.806. The highest BCUT2D eigenvalue weighted by atomic mass is 15.3. The lowest BCUT2D eigenvalue weighted by atomic mass is 9.98. The summed E-state index contributed by atoms with van der Waals surface area (Å²) in [6.07, 6.45) is 0.926. The summed E-state index contributed by atoms with van der Waals surface area (Å²) < 4.78 is 2.12. The van der Waals surface area contributed by atoms with Crippen molar-refractivity contribution in [2.75, 3.05) is 0 Å². The first-order chi connectivity index (χ1) is 13.7. The molecule has 4 aromatic carbocycles. The van der Waals surface area contributed by atoms with E-state index in [1.807, 2.05) is 0 Å². The van der Waals surface area contributed by atoms with Gasteiger partial charge in [-0.05, 0) is 58.7 Å². The van der Waals surface area contributed by atoms with Crippen LogP contribution in [-0.2, 0) is 6.42 Å². The van der Waals surface area contributed by atoms with Crippen LogP contribution in [0.3, 0.4) is 0 Å². The van der Waals surface area contributed by atoms with Gasteiger partial charge in [0.1, 0.15) is 0 Å². The van der Waals surface area contributed by atoms with Crippen LogP contribution in [0.25, 0.3) is 38.4 Å². The molecule has 28 heavy (non-hydrogen) atoms. The summed E-state index contributed by atoms with van der Waals surface area (Å²) in [5.41, 5.74) is 5.93. The lowest BCUT2D eigenvalue weighted by Crippen LogP contribution is -2.02. The van der Waals surface area contributed by atoms with Crippen molar-refractivity contribution < 1.29 is 0 Å². The van der Waals surface area contributed by atoms with Gasteiger partial charge in [-0.1, -0.05) is 73.7 Å². The molecule has 5 rings (SSSR count). The van der Waals surface area contributed by atoms with Gasteiger partial charge in [0, 0.05) is 5.56 Å². The highest BCUT2D eigenvalue weighted by molar-refractivity contribution is 5.88. The van der Waals surface area contributed by atoms with Gasteiger partial charge in [-0.2, -0.15) is 5.10 Å². The third-order valence-electron chi connectivity index (χ3n) is 5.51. The zero-order chi connectivity index (χ0) is 19.1. The number of hydrogen-bond donors (Lipinski definition) is 0. The van der Waals surface area contributed by atoms with E-state index in [2.05, 4.69) is 103 Å². The maximum absolute atomic E-state index is 4.93. The topological polar surface area (TPSA) is 17.8 Å². The van der Waals surface area contributed by atoms with Crippen LogP contribution in [0.15, 0.2) is 84.9 Å². The van der Waals surface area contributed by atoms with Crippen LogP contribution in [-0.4, -0.2) is 9.78 Å². The number of fused-ring (bicyclic) bond motifs is 2. The van der Waals surface area contributed by atoms with Gasteiger partial charge in [0.15, 0.2) is 0 Å². The smallest absolute Gasteiger partial charge is 0.0679 e. The Hall–Kier alpha value is -3.39. The van der Waals surface area contributed by atoms with E-state index in [9.17, 15) is 0 Å². The maximum Gasteiger partial charge on any atom is 0.0679 e. The zero-order valence-electron chi connectivity index (χ0n) is 16.2. The second-order valence-corrected chi connectivity index (χ2v) is 7.27. The van der Waals surface area contributed by atoms with E-state index >= 15 is 0 Å². The molecule has 0 unspecified atom stereocenters. The van der Waals surface area contributed by atoms with E-state index < -0.39 is 0 Å². The molecule has 0 saturated heterocycles. The van der Waals surface area contributed by atoms with Crippen molar-refractivity contribution in [3.8, 4) is 16.8 Å². The van der Waals surface area contributed by atoms with Crippen LogP contribution in [0, 0.1) is 6.92 Å². The van der Waals surface area contributed by atoms with Crippen molar-refractivity contribution in [1.29, 1.82) is 0 Å². The van der Waals surface area contributed by atoms with Crippen LogP contribution in [0.2, 0.25) is 0 Å². The SMILES string of the molecule is CCc1c(-c2ccc3ccccc3c2)c(C)nn1-c1ccc2ccccc2c1. The van der Waals surface area contributed by atoms with Crippen LogP contribution in [0.5, 0.6) is 0 Å². The summed E-state index contributed by atoms with van der Waals surface area (Å²) in [7, 11) is 0. The Morgan fingerprint density at radius 1 is 0.714 bits per heavy atom. The van der Waals surface area contributed by atoms with Crippen LogP contribution in [0.4, 0.5) is 0 Å². The van der Waals surface area contributed by atoms with Gasteiger partial charge in [-0.3, -0.25) is 0 Å². The summed E-state index contributed by atoms with van der Waals surface area (Å²) in [5, 5.41) is 9.95. The average Bonchev–Trinajstić information content (AvgIpc) is 3.09. The van der Waals surface area contributed by atoms with Gasteiger partial charge in [0.25, 0.3) is 0 Å². The van der Waals surface area contributed by atoms with E-state index in [4.69, 9.17) is 5.10 Å². The van der Waals surface area contributed by atoms with Crippen molar-refractivity contribution in [2.45, 2.75) is 20.3 Å². The molecule has 2 heteroatoms. The number of aryl methyl sites for hydroxylation is 1. The summed E-state index contributed by atoms with van der Waals surface area (Å²) in [6.45, 7) is 4.32. The van der Waals surface area contributed by atoms with Crippen molar-refractivity contribution in [3.63, 3.8) is 0 Å². The van der Waals surface area contributed by atoms with Gasteiger partial charge < -0.3 is 0 Å². The van der Waals surface area contributed by atoms with Gasteiger partial charge in [0.2, 0.25) is 0 Å². The van der Waals surface area contributed by atoms with Gasteiger partial charge >= 0.3 is 0 Å². The van der Waals surface area contributed by atoms with Gasteiger partial charge in [-0.15, -0.1) is 0 Å². The number of rotatable bonds is 3. The van der Waals surface area contributed by atoms with Crippen molar-refractivity contribution in [2.24, 2.45) is 0 Å². The third kappa shape index (κ3) is 2.69. The largest absolute Gasteiger partial charge is 0.237 e. The second kappa shape index (κ2) is 6.65. The van der Waals surface area contributed by atoms with Crippen LogP contribution >= 0.6 is 0 Å². The number of benzene rings is 4. The molecular formula is C26H22N2. The molecule has 0 atom stereocenters. The Morgan fingerprint density at radius 2 is 1.32 bits per heavy atom. The molecule has 0 aliphatic rings.